The molecule has 8 heteroatoms. The van der Waals surface area contributed by atoms with Crippen molar-refractivity contribution in [2.75, 3.05) is 5.32 Å². The van der Waals surface area contributed by atoms with Crippen molar-refractivity contribution in [1.82, 2.24) is 9.97 Å². The van der Waals surface area contributed by atoms with E-state index in [1.807, 2.05) is 0 Å². The highest BCUT2D eigenvalue weighted by Gasteiger charge is 2.17. The quantitative estimate of drug-likeness (QED) is 0.402. The molecule has 0 aliphatic heterocycles. The molecule has 0 aliphatic rings. The lowest BCUT2D eigenvalue weighted by Crippen LogP contribution is -2.01. The highest BCUT2D eigenvalue weighted by Crippen LogP contribution is 2.26. The third-order valence-electron chi connectivity index (χ3n) is 2.17. The third-order valence-corrected chi connectivity index (χ3v) is 2.61. The Morgan fingerprint density at radius 1 is 1.26 bits per heavy atom. The first-order valence-corrected chi connectivity index (χ1v) is 5.89. The van der Waals surface area contributed by atoms with Gasteiger partial charge >= 0.3 is 5.82 Å². The molecule has 0 aromatic carbocycles. The standard InChI is InChI=1S/C11H7BrN4O3/c12-9-5-4-8(11(15-9)16(18)19)14-10-3-1-2-7(6-17)13-10/h1-6H,(H,13,14). The van der Waals surface area contributed by atoms with E-state index in [0.29, 0.717) is 16.7 Å². The number of carbonyl (C=O) groups excluding carboxylic acids is 1. The van der Waals surface area contributed by atoms with Crippen molar-refractivity contribution < 1.29 is 9.72 Å². The van der Waals surface area contributed by atoms with Crippen molar-refractivity contribution in [2.45, 2.75) is 0 Å². The fourth-order valence-corrected chi connectivity index (χ4v) is 1.69. The number of pyridine rings is 2. The molecular formula is C11H7BrN4O3. The molecule has 0 atom stereocenters. The van der Waals surface area contributed by atoms with Gasteiger partial charge in [0, 0.05) is 15.9 Å². The van der Waals surface area contributed by atoms with Crippen LogP contribution < -0.4 is 5.32 Å². The lowest BCUT2D eigenvalue weighted by atomic mass is 10.3. The molecule has 19 heavy (non-hydrogen) atoms. The summed E-state index contributed by atoms with van der Waals surface area (Å²) in [4.78, 5) is 28.6. The fourth-order valence-electron chi connectivity index (χ4n) is 1.39. The Morgan fingerprint density at radius 2 is 2.05 bits per heavy atom. The van der Waals surface area contributed by atoms with Crippen LogP contribution in [0.1, 0.15) is 10.5 Å². The Morgan fingerprint density at radius 3 is 2.74 bits per heavy atom. The molecule has 0 amide bonds. The van der Waals surface area contributed by atoms with Crippen molar-refractivity contribution in [2.24, 2.45) is 0 Å². The second kappa shape index (κ2) is 5.53. The van der Waals surface area contributed by atoms with Crippen LogP contribution in [0.25, 0.3) is 0 Å². The highest BCUT2D eigenvalue weighted by molar-refractivity contribution is 9.10. The zero-order valence-corrected chi connectivity index (χ0v) is 11.0. The van der Waals surface area contributed by atoms with Gasteiger partial charge in [-0.25, -0.2) is 4.98 Å². The van der Waals surface area contributed by atoms with Gasteiger partial charge in [-0.05, 0) is 34.2 Å². The molecule has 0 fully saturated rings. The van der Waals surface area contributed by atoms with Crippen LogP contribution in [0.15, 0.2) is 34.9 Å². The van der Waals surface area contributed by atoms with E-state index in [4.69, 9.17) is 0 Å². The van der Waals surface area contributed by atoms with Crippen molar-refractivity contribution >= 4 is 39.5 Å². The molecule has 0 bridgehead atoms. The summed E-state index contributed by atoms with van der Waals surface area (Å²) >= 11 is 3.07. The van der Waals surface area contributed by atoms with E-state index in [9.17, 15) is 14.9 Å². The summed E-state index contributed by atoms with van der Waals surface area (Å²) in [5.74, 6) is 0.00417. The van der Waals surface area contributed by atoms with E-state index in [1.165, 1.54) is 12.1 Å². The first-order valence-electron chi connectivity index (χ1n) is 5.10. The van der Waals surface area contributed by atoms with E-state index < -0.39 is 4.92 Å². The first-order chi connectivity index (χ1) is 9.10. The van der Waals surface area contributed by atoms with Crippen LogP contribution in [-0.2, 0) is 0 Å². The van der Waals surface area contributed by atoms with Crippen molar-refractivity contribution in [3.8, 4) is 0 Å². The predicted molar refractivity (Wildman–Crippen MR) is 71.5 cm³/mol. The molecule has 0 saturated heterocycles. The Labute approximate surface area is 116 Å². The van der Waals surface area contributed by atoms with Crippen molar-refractivity contribution in [3.63, 3.8) is 0 Å². The topological polar surface area (TPSA) is 98.0 Å². The third kappa shape index (κ3) is 3.10. The van der Waals surface area contributed by atoms with Gasteiger partial charge in [0.15, 0.2) is 6.29 Å². The molecule has 0 aliphatic carbocycles. The van der Waals surface area contributed by atoms with Crippen LogP contribution in [-0.4, -0.2) is 21.2 Å². The normalized spacial score (nSPS) is 9.95. The molecule has 2 aromatic rings. The van der Waals surface area contributed by atoms with Crippen LogP contribution >= 0.6 is 15.9 Å². The van der Waals surface area contributed by atoms with E-state index in [0.717, 1.165) is 0 Å². The molecule has 7 nitrogen and oxygen atoms in total. The molecule has 0 spiro atoms. The van der Waals surface area contributed by atoms with Gasteiger partial charge in [-0.15, -0.1) is 0 Å². The molecule has 1 N–H and O–H groups in total. The van der Waals surface area contributed by atoms with Gasteiger partial charge in [-0.1, -0.05) is 6.07 Å². The average molecular weight is 323 g/mol. The van der Waals surface area contributed by atoms with Crippen molar-refractivity contribution in [1.29, 1.82) is 0 Å². The summed E-state index contributed by atoms with van der Waals surface area (Å²) in [6.45, 7) is 0. The van der Waals surface area contributed by atoms with Crippen molar-refractivity contribution in [3.05, 3.63) is 50.7 Å². The number of nitro groups is 1. The Hall–Kier alpha value is -2.35. The second-order valence-corrected chi connectivity index (χ2v) is 4.27. The Kier molecular flexibility index (Phi) is 3.81. The molecule has 96 valence electrons. The number of aldehydes is 1. The van der Waals surface area contributed by atoms with Gasteiger partial charge in [0.1, 0.15) is 17.2 Å². The number of halogens is 1. The van der Waals surface area contributed by atoms with Crippen LogP contribution in [0.2, 0.25) is 0 Å². The molecule has 0 saturated carbocycles. The van der Waals surface area contributed by atoms with Gasteiger partial charge in [-0.3, -0.25) is 4.79 Å². The van der Waals surface area contributed by atoms with Gasteiger partial charge in [-0.2, -0.15) is 0 Å². The minimum Gasteiger partial charge on any atom is -0.358 e. The van der Waals surface area contributed by atoms with Crippen LogP contribution in [0, 0.1) is 10.1 Å². The number of anilines is 2. The van der Waals surface area contributed by atoms with E-state index in [-0.39, 0.29) is 17.2 Å². The summed E-state index contributed by atoms with van der Waals surface area (Å²) in [5.41, 5.74) is 0.432. The van der Waals surface area contributed by atoms with Gasteiger partial charge in [0.05, 0.1) is 0 Å². The number of nitrogens with zero attached hydrogens (tertiary/aromatic N) is 3. The number of hydrogen-bond donors (Lipinski definition) is 1. The molecule has 2 aromatic heterocycles. The molecule has 2 heterocycles. The number of rotatable bonds is 4. The molecular weight excluding hydrogens is 316 g/mol. The minimum absolute atomic E-state index is 0.198. The Bertz CT molecular complexity index is 648. The lowest BCUT2D eigenvalue weighted by molar-refractivity contribution is -0.388. The zero-order valence-electron chi connectivity index (χ0n) is 9.41. The van der Waals surface area contributed by atoms with Crippen LogP contribution in [0.5, 0.6) is 0 Å². The van der Waals surface area contributed by atoms with Gasteiger partial charge < -0.3 is 15.4 Å². The Balaban J connectivity index is 2.37. The lowest BCUT2D eigenvalue weighted by Gasteiger charge is -2.06. The number of hydrogen-bond acceptors (Lipinski definition) is 6. The fraction of sp³-hybridized carbons (Fsp3) is 0. The summed E-state index contributed by atoms with van der Waals surface area (Å²) < 4.78 is 0.361. The summed E-state index contributed by atoms with van der Waals surface area (Å²) in [6, 6.07) is 7.83. The summed E-state index contributed by atoms with van der Waals surface area (Å²) in [7, 11) is 0. The van der Waals surface area contributed by atoms with Crippen LogP contribution in [0.3, 0.4) is 0 Å². The first kappa shape index (κ1) is 13.1. The summed E-state index contributed by atoms with van der Waals surface area (Å²) in [5, 5.41) is 13.7. The largest absolute Gasteiger partial charge is 0.388 e. The molecule has 0 unspecified atom stereocenters. The molecule has 2 rings (SSSR count). The second-order valence-electron chi connectivity index (χ2n) is 3.45. The summed E-state index contributed by atoms with van der Waals surface area (Å²) in [6.07, 6.45) is 0.597. The van der Waals surface area contributed by atoms with Gasteiger partial charge in [0.2, 0.25) is 4.60 Å². The monoisotopic (exact) mass is 322 g/mol. The number of nitrogens with one attached hydrogen (secondary N) is 1. The van der Waals surface area contributed by atoms with E-state index in [2.05, 4.69) is 31.2 Å². The highest BCUT2D eigenvalue weighted by atomic mass is 79.9. The number of aromatic nitrogens is 2. The minimum atomic E-state index is -0.601. The SMILES string of the molecule is O=Cc1cccc(Nc2ccc(Br)nc2[N+](=O)[O-])n1. The maximum absolute atomic E-state index is 10.9. The van der Waals surface area contributed by atoms with E-state index >= 15 is 0 Å². The van der Waals surface area contributed by atoms with Crippen LogP contribution in [0.4, 0.5) is 17.3 Å². The van der Waals surface area contributed by atoms with Gasteiger partial charge in [0.25, 0.3) is 0 Å². The zero-order chi connectivity index (χ0) is 13.8. The smallest absolute Gasteiger partial charge is 0.358 e. The van der Waals surface area contributed by atoms with E-state index in [1.54, 1.807) is 18.2 Å². The maximum atomic E-state index is 10.9. The predicted octanol–water partition coefficient (Wildman–Crippen LogP) is 2.70. The average Bonchev–Trinajstić information content (AvgIpc) is 2.41. The molecule has 0 radical (unpaired) electrons. The maximum Gasteiger partial charge on any atom is 0.388 e. The number of carbonyl (C=O) groups is 1.